The maximum Gasteiger partial charge on any atom is 0.167 e. The normalized spacial score (nSPS) is 21.0. The average molecular weight is 352 g/mol. The van der Waals surface area contributed by atoms with Crippen molar-refractivity contribution in [3.8, 4) is 23.0 Å². The van der Waals surface area contributed by atoms with Gasteiger partial charge in [0.2, 0.25) is 0 Å². The van der Waals surface area contributed by atoms with E-state index in [2.05, 4.69) is 6.58 Å². The molecule has 5 heteroatoms. The van der Waals surface area contributed by atoms with E-state index in [0.29, 0.717) is 29.7 Å². The van der Waals surface area contributed by atoms with Gasteiger partial charge in [-0.05, 0) is 54.2 Å². The van der Waals surface area contributed by atoms with Gasteiger partial charge < -0.3 is 20.1 Å². The van der Waals surface area contributed by atoms with Gasteiger partial charge in [0.25, 0.3) is 0 Å². The highest BCUT2D eigenvalue weighted by atomic mass is 16.5. The Balaban J connectivity index is 1.73. The second kappa shape index (κ2) is 5.80. The molecule has 0 aromatic heterocycles. The third-order valence-electron chi connectivity index (χ3n) is 5.30. The molecule has 0 saturated heterocycles. The van der Waals surface area contributed by atoms with Gasteiger partial charge >= 0.3 is 0 Å². The van der Waals surface area contributed by atoms with Gasteiger partial charge in [0.1, 0.15) is 17.6 Å². The lowest BCUT2D eigenvalue weighted by Gasteiger charge is -2.25. The fourth-order valence-electron chi connectivity index (χ4n) is 3.86. The van der Waals surface area contributed by atoms with E-state index in [4.69, 9.17) is 4.74 Å². The molecule has 134 valence electrons. The lowest BCUT2D eigenvalue weighted by Crippen LogP contribution is -2.19. The molecule has 2 aromatic rings. The van der Waals surface area contributed by atoms with Gasteiger partial charge in [-0.25, -0.2) is 0 Å². The topological polar surface area (TPSA) is 87.0 Å². The van der Waals surface area contributed by atoms with Gasteiger partial charge in [0, 0.05) is 18.4 Å². The summed E-state index contributed by atoms with van der Waals surface area (Å²) in [6.07, 6.45) is 1.13. The molecule has 2 atom stereocenters. The standard InChI is InChI=1S/C21H20O5/c1-10(2)18-9-14-19(26-18)8-13-5-12(7-17(24)20(13)21(14)25)11-3-4-15(22)16(23)6-11/h3-4,6,8,12,18,22-23,25H,1,5,7,9H2,2H3/t12-,18+/m1/s1. The molecule has 5 nitrogen and oxygen atoms in total. The van der Waals surface area contributed by atoms with Crippen molar-refractivity contribution in [2.24, 2.45) is 0 Å². The number of hydrogen-bond donors (Lipinski definition) is 3. The van der Waals surface area contributed by atoms with Crippen LogP contribution >= 0.6 is 0 Å². The molecule has 26 heavy (non-hydrogen) atoms. The van der Waals surface area contributed by atoms with Gasteiger partial charge in [-0.1, -0.05) is 12.6 Å². The van der Waals surface area contributed by atoms with Crippen LogP contribution in [0.2, 0.25) is 0 Å². The van der Waals surface area contributed by atoms with E-state index in [-0.39, 0.29) is 41.5 Å². The van der Waals surface area contributed by atoms with Crippen LogP contribution in [0.25, 0.3) is 0 Å². The first-order chi connectivity index (χ1) is 12.3. The monoisotopic (exact) mass is 352 g/mol. The molecule has 0 radical (unpaired) electrons. The average Bonchev–Trinajstić information content (AvgIpc) is 3.01. The molecule has 3 N–H and O–H groups in total. The lowest BCUT2D eigenvalue weighted by molar-refractivity contribution is 0.0961. The van der Waals surface area contributed by atoms with Crippen LogP contribution in [0, 0.1) is 0 Å². The highest BCUT2D eigenvalue weighted by Gasteiger charge is 2.35. The quantitative estimate of drug-likeness (QED) is 0.568. The molecule has 0 spiro atoms. The summed E-state index contributed by atoms with van der Waals surface area (Å²) in [4.78, 5) is 12.7. The third kappa shape index (κ3) is 2.51. The number of rotatable bonds is 2. The number of benzene rings is 2. The van der Waals surface area contributed by atoms with E-state index >= 15 is 0 Å². The molecule has 0 saturated carbocycles. The van der Waals surface area contributed by atoms with Gasteiger partial charge in [0.15, 0.2) is 17.3 Å². The summed E-state index contributed by atoms with van der Waals surface area (Å²) in [5, 5.41) is 29.9. The highest BCUT2D eigenvalue weighted by Crippen LogP contribution is 2.46. The van der Waals surface area contributed by atoms with Crippen LogP contribution in [-0.4, -0.2) is 27.2 Å². The number of fused-ring (bicyclic) bond motifs is 2. The molecule has 0 bridgehead atoms. The first kappa shape index (κ1) is 16.5. The van der Waals surface area contributed by atoms with E-state index in [0.717, 1.165) is 16.7 Å². The summed E-state index contributed by atoms with van der Waals surface area (Å²) in [5.41, 5.74) is 3.46. The summed E-state index contributed by atoms with van der Waals surface area (Å²) in [5.74, 6) is -0.00847. The molecule has 1 heterocycles. The molecule has 0 unspecified atom stereocenters. The van der Waals surface area contributed by atoms with Crippen molar-refractivity contribution in [1.29, 1.82) is 0 Å². The zero-order chi connectivity index (χ0) is 18.6. The summed E-state index contributed by atoms with van der Waals surface area (Å²) in [7, 11) is 0. The van der Waals surface area contributed by atoms with Crippen LogP contribution in [0.15, 0.2) is 36.4 Å². The molecular weight excluding hydrogens is 332 g/mol. The number of Topliss-reactive ketones (excluding diaryl/α,β-unsaturated/α-hetero) is 1. The Hall–Kier alpha value is -2.95. The van der Waals surface area contributed by atoms with Gasteiger partial charge in [-0.2, -0.15) is 0 Å². The van der Waals surface area contributed by atoms with Gasteiger partial charge in [-0.15, -0.1) is 0 Å². The van der Waals surface area contributed by atoms with Crippen LogP contribution in [0.4, 0.5) is 0 Å². The number of phenols is 3. The van der Waals surface area contributed by atoms with E-state index in [1.165, 1.54) is 12.1 Å². The van der Waals surface area contributed by atoms with Crippen LogP contribution in [0.1, 0.15) is 46.3 Å². The molecular formula is C21H20O5. The minimum atomic E-state index is -0.204. The number of phenolic OH excluding ortho intramolecular Hbond substituents is 3. The number of ether oxygens (including phenoxy) is 1. The summed E-state index contributed by atoms with van der Waals surface area (Å²) in [6, 6.07) is 6.46. The SMILES string of the molecule is C=C(C)[C@@H]1Cc2c(cc3c(c2O)C(=O)C[C@H](c2ccc(O)c(O)c2)C3)O1. The largest absolute Gasteiger partial charge is 0.507 e. The zero-order valence-corrected chi connectivity index (χ0v) is 14.5. The second-order valence-corrected chi connectivity index (χ2v) is 7.17. The lowest BCUT2D eigenvalue weighted by atomic mass is 9.78. The molecule has 1 aliphatic carbocycles. The van der Waals surface area contributed by atoms with Crippen molar-refractivity contribution in [2.45, 2.75) is 38.2 Å². The van der Waals surface area contributed by atoms with Crippen LogP contribution in [0.3, 0.4) is 0 Å². The highest BCUT2D eigenvalue weighted by molar-refractivity contribution is 6.02. The molecule has 2 aliphatic rings. The minimum absolute atomic E-state index is 0.0262. The summed E-state index contributed by atoms with van der Waals surface area (Å²) < 4.78 is 5.88. The van der Waals surface area contributed by atoms with Gasteiger partial charge in [0.05, 0.1) is 5.56 Å². The minimum Gasteiger partial charge on any atom is -0.507 e. The third-order valence-corrected chi connectivity index (χ3v) is 5.30. The fourth-order valence-corrected chi connectivity index (χ4v) is 3.86. The predicted octanol–water partition coefficient (Wildman–Crippen LogP) is 3.60. The van der Waals surface area contributed by atoms with Crippen molar-refractivity contribution in [1.82, 2.24) is 0 Å². The van der Waals surface area contributed by atoms with Crippen molar-refractivity contribution < 1.29 is 24.9 Å². The van der Waals surface area contributed by atoms with Gasteiger partial charge in [-0.3, -0.25) is 4.79 Å². The number of carbonyl (C=O) groups excluding carboxylic acids is 1. The van der Waals surface area contributed by atoms with Crippen molar-refractivity contribution in [3.63, 3.8) is 0 Å². The van der Waals surface area contributed by atoms with Crippen molar-refractivity contribution in [3.05, 3.63) is 58.7 Å². The zero-order valence-electron chi connectivity index (χ0n) is 14.5. The number of carbonyl (C=O) groups is 1. The molecule has 0 amide bonds. The van der Waals surface area contributed by atoms with Crippen LogP contribution in [-0.2, 0) is 12.8 Å². The Morgan fingerprint density at radius 2 is 1.88 bits per heavy atom. The van der Waals surface area contributed by atoms with Crippen LogP contribution in [0.5, 0.6) is 23.0 Å². The van der Waals surface area contributed by atoms with E-state index in [1.807, 2.05) is 13.0 Å². The van der Waals surface area contributed by atoms with E-state index < -0.39 is 0 Å². The Bertz CT molecular complexity index is 944. The fraction of sp³-hybridized carbons (Fsp3) is 0.286. The molecule has 1 aliphatic heterocycles. The van der Waals surface area contributed by atoms with E-state index in [1.54, 1.807) is 6.07 Å². The Kier molecular flexibility index (Phi) is 3.68. The Labute approximate surface area is 151 Å². The molecule has 4 rings (SSSR count). The number of hydrogen-bond acceptors (Lipinski definition) is 5. The second-order valence-electron chi connectivity index (χ2n) is 7.17. The summed E-state index contributed by atoms with van der Waals surface area (Å²) in [6.45, 7) is 5.79. The Morgan fingerprint density at radius 1 is 1.12 bits per heavy atom. The summed E-state index contributed by atoms with van der Waals surface area (Å²) >= 11 is 0. The first-order valence-electron chi connectivity index (χ1n) is 8.60. The van der Waals surface area contributed by atoms with E-state index in [9.17, 15) is 20.1 Å². The predicted molar refractivity (Wildman–Crippen MR) is 96.2 cm³/mol. The maximum atomic E-state index is 12.7. The Morgan fingerprint density at radius 3 is 2.58 bits per heavy atom. The van der Waals surface area contributed by atoms with Crippen molar-refractivity contribution in [2.75, 3.05) is 0 Å². The number of aromatic hydroxyl groups is 3. The maximum absolute atomic E-state index is 12.7. The first-order valence-corrected chi connectivity index (χ1v) is 8.60. The van der Waals surface area contributed by atoms with Crippen molar-refractivity contribution >= 4 is 5.78 Å². The van der Waals surface area contributed by atoms with Crippen LogP contribution < -0.4 is 4.74 Å². The molecule has 0 fully saturated rings. The molecule has 2 aromatic carbocycles. The number of ketones is 1. The smallest absolute Gasteiger partial charge is 0.167 e.